The molecule has 3 N–H and O–H groups in total. The molecule has 0 aliphatic rings. The number of nitrogen functional groups attached to an aromatic ring is 1. The van der Waals surface area contributed by atoms with E-state index in [1.807, 2.05) is 13.8 Å². The largest absolute Gasteiger partial charge is 0.368 e. The van der Waals surface area contributed by atoms with Gasteiger partial charge in [-0.25, -0.2) is 9.97 Å². The highest BCUT2D eigenvalue weighted by Crippen LogP contribution is 2.25. The molecule has 0 amide bonds. The predicted molar refractivity (Wildman–Crippen MR) is 95.8 cm³/mol. The van der Waals surface area contributed by atoms with Crippen LogP contribution in [0, 0.1) is 6.92 Å². The summed E-state index contributed by atoms with van der Waals surface area (Å²) >= 11 is 7.55. The Labute approximate surface area is 143 Å². The predicted octanol–water partition coefficient (Wildman–Crippen LogP) is 4.32. The maximum Gasteiger partial charge on any atom is 0.223 e. The molecule has 23 heavy (non-hydrogen) atoms. The Bertz CT molecular complexity index is 795. The van der Waals surface area contributed by atoms with E-state index in [4.69, 9.17) is 17.3 Å². The highest BCUT2D eigenvalue weighted by molar-refractivity contribution is 7.09. The van der Waals surface area contributed by atoms with Gasteiger partial charge in [0.2, 0.25) is 5.95 Å². The van der Waals surface area contributed by atoms with Gasteiger partial charge in [0.15, 0.2) is 0 Å². The Hall–Kier alpha value is -2.18. The quantitative estimate of drug-likeness (QED) is 0.689. The second kappa shape index (κ2) is 6.52. The van der Waals surface area contributed by atoms with Crippen LogP contribution >= 0.6 is 22.9 Å². The number of anilines is 2. The summed E-state index contributed by atoms with van der Waals surface area (Å²) in [6.07, 6.45) is 0. The van der Waals surface area contributed by atoms with Crippen LogP contribution in [0.3, 0.4) is 0 Å². The van der Waals surface area contributed by atoms with Crippen LogP contribution in [0.15, 0.2) is 35.7 Å². The molecule has 0 saturated carbocycles. The van der Waals surface area contributed by atoms with Gasteiger partial charge in [0.1, 0.15) is 11.0 Å². The van der Waals surface area contributed by atoms with Crippen molar-refractivity contribution in [2.24, 2.45) is 0 Å². The number of nitrogens with two attached hydrogens (primary N) is 1. The van der Waals surface area contributed by atoms with Crippen LogP contribution in [-0.2, 0) is 0 Å². The first-order valence-corrected chi connectivity index (χ1v) is 8.36. The molecule has 2 heterocycles. The molecule has 0 radical (unpaired) electrons. The van der Waals surface area contributed by atoms with Gasteiger partial charge < -0.3 is 11.1 Å². The van der Waals surface area contributed by atoms with Crippen molar-refractivity contribution in [1.82, 2.24) is 15.0 Å². The Kier molecular flexibility index (Phi) is 4.45. The lowest BCUT2D eigenvalue weighted by Gasteiger charge is -2.15. The van der Waals surface area contributed by atoms with E-state index < -0.39 is 0 Å². The zero-order valence-corrected chi connectivity index (χ0v) is 14.3. The Balaban J connectivity index is 1.76. The molecule has 0 unspecified atom stereocenters. The Morgan fingerprint density at radius 3 is 2.52 bits per heavy atom. The van der Waals surface area contributed by atoms with Gasteiger partial charge in [0.25, 0.3) is 0 Å². The van der Waals surface area contributed by atoms with Crippen molar-refractivity contribution in [2.45, 2.75) is 19.9 Å². The van der Waals surface area contributed by atoms with Gasteiger partial charge in [-0.2, -0.15) is 4.98 Å². The molecule has 1 atom stereocenters. The summed E-state index contributed by atoms with van der Waals surface area (Å²) in [6, 6.07) is 10.0. The van der Waals surface area contributed by atoms with Crippen molar-refractivity contribution in [3.8, 4) is 11.3 Å². The van der Waals surface area contributed by atoms with Crippen molar-refractivity contribution >= 4 is 34.7 Å². The van der Waals surface area contributed by atoms with E-state index >= 15 is 0 Å². The first kappa shape index (κ1) is 15.7. The molecule has 7 heteroatoms. The first-order chi connectivity index (χ1) is 11.0. The van der Waals surface area contributed by atoms with Crippen LogP contribution in [0.5, 0.6) is 0 Å². The molecule has 3 rings (SSSR count). The minimum absolute atomic E-state index is 0.0617. The third kappa shape index (κ3) is 3.78. The molecule has 5 nitrogen and oxygen atoms in total. The van der Waals surface area contributed by atoms with E-state index in [9.17, 15) is 0 Å². The van der Waals surface area contributed by atoms with Crippen molar-refractivity contribution in [3.05, 3.63) is 51.4 Å². The zero-order valence-electron chi connectivity index (χ0n) is 12.7. The van der Waals surface area contributed by atoms with Gasteiger partial charge in [0.05, 0.1) is 10.7 Å². The number of nitrogens with one attached hydrogen (secondary N) is 1. The number of thiazole rings is 1. The summed E-state index contributed by atoms with van der Waals surface area (Å²) in [6.45, 7) is 4.06. The highest BCUT2D eigenvalue weighted by Gasteiger charge is 2.09. The minimum atomic E-state index is 0.0617. The fraction of sp³-hybridized carbons (Fsp3) is 0.188. The van der Waals surface area contributed by atoms with Crippen molar-refractivity contribution in [1.29, 1.82) is 0 Å². The molecule has 0 aliphatic heterocycles. The summed E-state index contributed by atoms with van der Waals surface area (Å²) in [5, 5.41) is 6.73. The molecule has 3 aromatic rings. The molecule has 2 aromatic heterocycles. The van der Waals surface area contributed by atoms with E-state index in [0.717, 1.165) is 21.8 Å². The minimum Gasteiger partial charge on any atom is -0.368 e. The van der Waals surface area contributed by atoms with Gasteiger partial charge >= 0.3 is 0 Å². The lowest BCUT2D eigenvalue weighted by molar-refractivity contribution is 0.873. The molecule has 0 spiro atoms. The van der Waals surface area contributed by atoms with Crippen LogP contribution in [0.2, 0.25) is 5.15 Å². The van der Waals surface area contributed by atoms with Gasteiger partial charge in [-0.3, -0.25) is 0 Å². The number of aromatic nitrogens is 3. The summed E-state index contributed by atoms with van der Waals surface area (Å²) in [4.78, 5) is 12.5. The number of aryl methyl sites for hydroxylation is 1. The van der Waals surface area contributed by atoms with Gasteiger partial charge in [-0.1, -0.05) is 35.9 Å². The first-order valence-electron chi connectivity index (χ1n) is 7.10. The summed E-state index contributed by atoms with van der Waals surface area (Å²) in [7, 11) is 0. The maximum atomic E-state index is 5.89. The Morgan fingerprint density at radius 1 is 1.17 bits per heavy atom. The van der Waals surface area contributed by atoms with Crippen LogP contribution in [-0.4, -0.2) is 15.0 Å². The van der Waals surface area contributed by atoms with Crippen LogP contribution in [0.25, 0.3) is 11.3 Å². The van der Waals surface area contributed by atoms with E-state index in [1.54, 1.807) is 17.4 Å². The average Bonchev–Trinajstić information content (AvgIpc) is 2.93. The molecule has 1 aromatic carbocycles. The maximum absolute atomic E-state index is 5.89. The monoisotopic (exact) mass is 345 g/mol. The number of nitrogens with zero attached hydrogens (tertiary/aromatic N) is 3. The molecule has 0 fully saturated rings. The normalized spacial score (nSPS) is 12.1. The van der Waals surface area contributed by atoms with Gasteiger partial charge in [0, 0.05) is 23.1 Å². The smallest absolute Gasteiger partial charge is 0.223 e. The summed E-state index contributed by atoms with van der Waals surface area (Å²) < 4.78 is 0. The molecule has 0 aliphatic carbocycles. The summed E-state index contributed by atoms with van der Waals surface area (Å²) in [5.41, 5.74) is 8.86. The highest BCUT2D eigenvalue weighted by atomic mass is 35.5. The summed E-state index contributed by atoms with van der Waals surface area (Å²) in [5.74, 6) is 0.760. The van der Waals surface area contributed by atoms with E-state index in [-0.39, 0.29) is 12.0 Å². The lowest BCUT2D eigenvalue weighted by atomic mass is 10.0. The van der Waals surface area contributed by atoms with Crippen molar-refractivity contribution in [2.75, 3.05) is 11.1 Å². The number of hydrogen-bond acceptors (Lipinski definition) is 6. The van der Waals surface area contributed by atoms with Crippen LogP contribution in [0.1, 0.15) is 23.5 Å². The Morgan fingerprint density at radius 2 is 1.91 bits per heavy atom. The average molecular weight is 346 g/mol. The molecule has 0 bridgehead atoms. The van der Waals surface area contributed by atoms with E-state index in [2.05, 4.69) is 49.9 Å². The number of benzene rings is 1. The third-order valence-electron chi connectivity index (χ3n) is 3.40. The molecule has 118 valence electrons. The van der Waals surface area contributed by atoms with Crippen LogP contribution in [0.4, 0.5) is 11.8 Å². The zero-order chi connectivity index (χ0) is 16.4. The lowest BCUT2D eigenvalue weighted by Crippen LogP contribution is -2.09. The van der Waals surface area contributed by atoms with Crippen molar-refractivity contribution < 1.29 is 0 Å². The molecule has 0 saturated heterocycles. The van der Waals surface area contributed by atoms with Gasteiger partial charge in [-0.15, -0.1) is 11.3 Å². The molecular weight excluding hydrogens is 330 g/mol. The van der Waals surface area contributed by atoms with Gasteiger partial charge in [-0.05, 0) is 19.4 Å². The second-order valence-corrected chi connectivity index (χ2v) is 6.62. The fourth-order valence-electron chi connectivity index (χ4n) is 2.25. The van der Waals surface area contributed by atoms with E-state index in [0.29, 0.717) is 11.0 Å². The standard InChI is InChI=1S/C16H16ClN5S/c1-9(19-15-7-14(17)21-16(18)22-15)11-3-5-12(6-4-11)13-8-23-10(2)20-13/h3-9H,1-2H3,(H3,18,19,21,22)/t9-/m1/s1. The number of halogens is 1. The molecular formula is C16H16ClN5S. The second-order valence-electron chi connectivity index (χ2n) is 5.17. The van der Waals surface area contributed by atoms with Crippen LogP contribution < -0.4 is 11.1 Å². The fourth-order valence-corrected chi connectivity index (χ4v) is 3.06. The number of rotatable bonds is 4. The SMILES string of the molecule is Cc1nc(-c2ccc([C@@H](C)Nc3cc(Cl)nc(N)n3)cc2)cs1. The topological polar surface area (TPSA) is 76.7 Å². The van der Waals surface area contributed by atoms with E-state index in [1.165, 1.54) is 0 Å². The number of hydrogen-bond donors (Lipinski definition) is 2. The third-order valence-corrected chi connectivity index (χ3v) is 4.37. The van der Waals surface area contributed by atoms with Crippen molar-refractivity contribution in [3.63, 3.8) is 0 Å².